The molecule has 16 nitrogen and oxygen atoms in total. The van der Waals surface area contributed by atoms with Crippen LogP contribution in [-0.2, 0) is 32.4 Å². The molecule has 2 heterocycles. The van der Waals surface area contributed by atoms with Gasteiger partial charge >= 0.3 is 12.4 Å². The molecule has 2 aromatic heterocycles. The maximum Gasteiger partial charge on any atom is 0.417 e. The topological polar surface area (TPSA) is 239 Å². The molecule has 4 aromatic carbocycles. The molecule has 6 aromatic rings. The molecule has 28 heteroatoms. The van der Waals surface area contributed by atoms with E-state index in [0.29, 0.717) is 12.1 Å². The number of hydrogen-bond donors (Lipinski definition) is 2. The first kappa shape index (κ1) is 50.6. The van der Waals surface area contributed by atoms with Crippen molar-refractivity contribution in [2.75, 3.05) is 9.44 Å². The number of rotatable bonds is 12. The predicted octanol–water partition coefficient (Wildman–Crippen LogP) is 10.7. The van der Waals surface area contributed by atoms with Gasteiger partial charge in [0.15, 0.2) is 0 Å². The average Bonchev–Trinajstić information content (AvgIpc) is 3.22. The number of ketones is 2. The van der Waals surface area contributed by atoms with E-state index >= 15 is 0 Å². The van der Waals surface area contributed by atoms with Crippen LogP contribution < -0.4 is 9.44 Å². The molecule has 6 rings (SSSR count). The van der Waals surface area contributed by atoms with Crippen LogP contribution in [0.25, 0.3) is 0 Å². The third kappa shape index (κ3) is 11.7. The van der Waals surface area contributed by atoms with Gasteiger partial charge in [0.25, 0.3) is 31.4 Å². The van der Waals surface area contributed by atoms with Crippen molar-refractivity contribution in [1.82, 2.24) is 9.97 Å². The Labute approximate surface area is 386 Å². The van der Waals surface area contributed by atoms with Crippen LogP contribution in [0.5, 0.6) is 0 Å². The first-order valence-electron chi connectivity index (χ1n) is 17.3. The largest absolute Gasteiger partial charge is 0.417 e. The van der Waals surface area contributed by atoms with Crippen molar-refractivity contribution in [2.24, 2.45) is 0 Å². The number of nitro groups is 2. The Kier molecular flexibility index (Phi) is 15.0. The SMILES string of the molecule is O=C(c1ccccc1[N+](=O)[O-])c1ncc(Cl)cc1NS(=O)(=O)c1ccc(Cl)c(C(F)(F)F)c1.O=C(c1ccccc1[N+](=O)[O-])c1ncc(Cl)cc1NS(=O)(=O)c1ccc(Cl)c(C(F)(F)F)c1. The second-order valence-corrected chi connectivity index (χ2v) is 17.8. The Morgan fingerprint density at radius 1 is 0.545 bits per heavy atom. The number of sulfonamides is 2. The van der Waals surface area contributed by atoms with Crippen LogP contribution in [0.3, 0.4) is 0 Å². The second-order valence-electron chi connectivity index (χ2n) is 12.8. The second kappa shape index (κ2) is 19.6. The van der Waals surface area contributed by atoms with Gasteiger partial charge in [0.1, 0.15) is 22.5 Å². The number of benzene rings is 4. The summed E-state index contributed by atoms with van der Waals surface area (Å²) in [5, 5.41) is 20.9. The molecule has 0 spiro atoms. The molecule has 0 saturated heterocycles. The molecule has 0 saturated carbocycles. The number of carbonyl (C=O) groups excluding carboxylic acids is 2. The van der Waals surface area contributed by atoms with Crippen molar-refractivity contribution in [2.45, 2.75) is 22.1 Å². The quantitative estimate of drug-likeness (QED) is 0.0504. The first-order valence-corrected chi connectivity index (χ1v) is 21.8. The third-order valence-corrected chi connectivity index (χ3v) is 12.2. The lowest BCUT2D eigenvalue weighted by atomic mass is 10.0. The molecule has 344 valence electrons. The zero-order valence-electron chi connectivity index (χ0n) is 31.9. The number of alkyl halides is 6. The van der Waals surface area contributed by atoms with Gasteiger partial charge in [0.05, 0.1) is 62.2 Å². The van der Waals surface area contributed by atoms with E-state index in [9.17, 15) is 73.0 Å². The molecule has 0 fully saturated rings. The van der Waals surface area contributed by atoms with Crippen LogP contribution >= 0.6 is 46.4 Å². The summed E-state index contributed by atoms with van der Waals surface area (Å²) in [6.07, 6.45) is -7.84. The van der Waals surface area contributed by atoms with E-state index in [4.69, 9.17) is 46.4 Å². The molecular weight excluding hydrogens is 1020 g/mol. The minimum Gasteiger partial charge on any atom is -0.286 e. The van der Waals surface area contributed by atoms with Gasteiger partial charge in [-0.1, -0.05) is 70.7 Å². The number of halogens is 10. The lowest BCUT2D eigenvalue weighted by molar-refractivity contribution is -0.385. The fourth-order valence-electron chi connectivity index (χ4n) is 5.49. The molecule has 0 atom stereocenters. The highest BCUT2D eigenvalue weighted by atomic mass is 35.5. The highest BCUT2D eigenvalue weighted by Gasteiger charge is 2.36. The van der Waals surface area contributed by atoms with Gasteiger partial charge in [-0.25, -0.2) is 26.8 Å². The number of nitrogens with zero attached hydrogens (tertiary/aromatic N) is 4. The van der Waals surface area contributed by atoms with Gasteiger partial charge < -0.3 is 0 Å². The third-order valence-electron chi connectivity index (χ3n) is 8.43. The van der Waals surface area contributed by atoms with E-state index in [1.807, 2.05) is 9.44 Å². The molecule has 0 aliphatic heterocycles. The number of pyridine rings is 2. The van der Waals surface area contributed by atoms with Crippen molar-refractivity contribution in [1.29, 1.82) is 0 Å². The van der Waals surface area contributed by atoms with Gasteiger partial charge in [-0.05, 0) is 60.7 Å². The zero-order chi connectivity index (χ0) is 49.1. The fraction of sp³-hybridized carbons (Fsp3) is 0.0526. The Balaban J connectivity index is 0.000000247. The van der Waals surface area contributed by atoms with Gasteiger partial charge in [0, 0.05) is 24.5 Å². The Bertz CT molecular complexity index is 2970. The molecule has 0 amide bonds. The molecule has 0 bridgehead atoms. The van der Waals surface area contributed by atoms with E-state index < -0.39 is 119 Å². The van der Waals surface area contributed by atoms with Crippen molar-refractivity contribution < 1.29 is 62.6 Å². The fourth-order valence-corrected chi connectivity index (χ4v) is 8.42. The normalized spacial score (nSPS) is 11.8. The molecule has 0 aliphatic rings. The summed E-state index contributed by atoms with van der Waals surface area (Å²) in [4.78, 5) is 52.7. The Hall–Kier alpha value is -6.44. The van der Waals surface area contributed by atoms with Crippen LogP contribution in [0, 0.1) is 20.2 Å². The Morgan fingerprint density at radius 3 is 1.20 bits per heavy atom. The number of nitrogens with one attached hydrogen (secondary N) is 2. The van der Waals surface area contributed by atoms with E-state index in [1.165, 1.54) is 24.3 Å². The smallest absolute Gasteiger partial charge is 0.286 e. The summed E-state index contributed by atoms with van der Waals surface area (Å²) in [7, 11) is -9.38. The zero-order valence-corrected chi connectivity index (χ0v) is 36.5. The number of carbonyl (C=O) groups is 2. The van der Waals surface area contributed by atoms with Crippen LogP contribution in [-0.4, -0.2) is 48.2 Å². The van der Waals surface area contributed by atoms with E-state index in [0.717, 1.165) is 73.1 Å². The highest BCUT2D eigenvalue weighted by Crippen LogP contribution is 2.38. The summed E-state index contributed by atoms with van der Waals surface area (Å²) >= 11 is 22.7. The summed E-state index contributed by atoms with van der Waals surface area (Å²) in [6, 6.07) is 15.6. The van der Waals surface area contributed by atoms with Gasteiger partial charge in [-0.2, -0.15) is 26.3 Å². The van der Waals surface area contributed by atoms with Crippen LogP contribution in [0.15, 0.2) is 119 Å². The van der Waals surface area contributed by atoms with Gasteiger partial charge in [0.2, 0.25) is 11.6 Å². The number of nitro benzene ring substituents is 2. The minimum absolute atomic E-state index is 0.112. The number of para-hydroxylation sites is 2. The molecule has 0 unspecified atom stereocenters. The minimum atomic E-state index is -4.92. The maximum absolute atomic E-state index is 13.1. The van der Waals surface area contributed by atoms with E-state index in [1.54, 1.807) is 0 Å². The van der Waals surface area contributed by atoms with Crippen molar-refractivity contribution in [3.05, 3.63) is 183 Å². The van der Waals surface area contributed by atoms with Gasteiger partial charge in [-0.15, -0.1) is 0 Å². The summed E-state index contributed by atoms with van der Waals surface area (Å²) in [5.74, 6) is -2.02. The lowest BCUT2D eigenvalue weighted by Crippen LogP contribution is -2.18. The molecule has 66 heavy (non-hydrogen) atoms. The monoisotopic (exact) mass is 1040 g/mol. The average molecular weight is 1040 g/mol. The summed E-state index contributed by atoms with van der Waals surface area (Å²) in [5.41, 5.74) is -6.73. The number of hydrogen-bond acceptors (Lipinski definition) is 12. The summed E-state index contributed by atoms with van der Waals surface area (Å²) in [6.45, 7) is 0. The van der Waals surface area contributed by atoms with Crippen LogP contribution in [0.1, 0.15) is 43.2 Å². The predicted molar refractivity (Wildman–Crippen MR) is 226 cm³/mol. The van der Waals surface area contributed by atoms with Crippen LogP contribution in [0.2, 0.25) is 20.1 Å². The van der Waals surface area contributed by atoms with Crippen molar-refractivity contribution in [3.8, 4) is 0 Å². The first-order chi connectivity index (χ1) is 30.6. The summed E-state index contributed by atoms with van der Waals surface area (Å²) < 4.78 is 134. The maximum atomic E-state index is 13.1. The van der Waals surface area contributed by atoms with E-state index in [2.05, 4.69) is 9.97 Å². The standard InChI is InChI=1S/2C19H10Cl2F3N3O5S/c2*20-10-7-15(17(25-9-10)18(28)12-3-1-2-4-16(12)27(29)30)26-33(31,32)11-5-6-14(21)13(8-11)19(22,23)24/h2*1-9,26H. The van der Waals surface area contributed by atoms with Crippen molar-refractivity contribution in [3.63, 3.8) is 0 Å². The van der Waals surface area contributed by atoms with Crippen LogP contribution in [0.4, 0.5) is 49.1 Å². The molecule has 2 N–H and O–H groups in total. The molecule has 0 radical (unpaired) electrons. The van der Waals surface area contributed by atoms with Crippen molar-refractivity contribution >= 4 is 101 Å². The number of aromatic nitrogens is 2. The molecular formula is C38H20Cl4F6N6O10S2. The highest BCUT2D eigenvalue weighted by molar-refractivity contribution is 7.93. The lowest BCUT2D eigenvalue weighted by Gasteiger charge is -2.14. The Morgan fingerprint density at radius 2 is 0.879 bits per heavy atom. The molecule has 0 aliphatic carbocycles. The van der Waals surface area contributed by atoms with Gasteiger partial charge in [-0.3, -0.25) is 39.3 Å². The van der Waals surface area contributed by atoms with E-state index in [-0.39, 0.29) is 21.2 Å². The number of anilines is 2.